The summed E-state index contributed by atoms with van der Waals surface area (Å²) >= 11 is 0. The van der Waals surface area contributed by atoms with Crippen molar-refractivity contribution in [2.45, 2.75) is 73.1 Å². The van der Waals surface area contributed by atoms with Crippen molar-refractivity contribution in [3.8, 4) is 0 Å². The molecule has 0 unspecified atom stereocenters. The summed E-state index contributed by atoms with van der Waals surface area (Å²) in [6, 6.07) is 0. The molecule has 0 spiro atoms. The monoisotopic (exact) mass is 350 g/mol. The SMILES string of the molecule is CC(C)(C)C(C)(C)C(=O)OCCOC(=O)C12CC3CC(CC(C3)C1)C2. The predicted molar refractivity (Wildman–Crippen MR) is 95.8 cm³/mol. The highest BCUT2D eigenvalue weighted by Gasteiger charge is 2.55. The quantitative estimate of drug-likeness (QED) is 0.546. The van der Waals surface area contributed by atoms with Crippen LogP contribution in [-0.4, -0.2) is 25.2 Å². The maximum absolute atomic E-state index is 12.7. The summed E-state index contributed by atoms with van der Waals surface area (Å²) in [6.07, 6.45) is 6.96. The number of esters is 2. The average molecular weight is 350 g/mol. The Balaban J connectivity index is 1.47. The Bertz CT molecular complexity index is 505. The van der Waals surface area contributed by atoms with Gasteiger partial charge in [-0.05, 0) is 75.5 Å². The minimum Gasteiger partial charge on any atom is -0.462 e. The lowest BCUT2D eigenvalue weighted by Crippen LogP contribution is -2.50. The molecule has 4 heteroatoms. The molecular weight excluding hydrogens is 316 g/mol. The van der Waals surface area contributed by atoms with Crippen LogP contribution in [0.5, 0.6) is 0 Å². The number of ether oxygens (including phenoxy) is 2. The Morgan fingerprint density at radius 2 is 1.28 bits per heavy atom. The van der Waals surface area contributed by atoms with Crippen LogP contribution in [0.15, 0.2) is 0 Å². The molecule has 0 aromatic carbocycles. The molecule has 0 aromatic rings. The van der Waals surface area contributed by atoms with Gasteiger partial charge in [0.1, 0.15) is 13.2 Å². The summed E-state index contributed by atoms with van der Waals surface area (Å²) < 4.78 is 10.9. The van der Waals surface area contributed by atoms with Crippen LogP contribution in [0.4, 0.5) is 0 Å². The number of hydrogen-bond donors (Lipinski definition) is 0. The molecule has 0 amide bonds. The molecule has 142 valence electrons. The maximum atomic E-state index is 12.7. The van der Waals surface area contributed by atoms with E-state index in [9.17, 15) is 9.59 Å². The van der Waals surface area contributed by atoms with E-state index in [-0.39, 0.29) is 36.0 Å². The van der Waals surface area contributed by atoms with Crippen LogP contribution in [0.25, 0.3) is 0 Å². The van der Waals surface area contributed by atoms with E-state index in [2.05, 4.69) is 0 Å². The van der Waals surface area contributed by atoms with E-state index in [1.807, 2.05) is 34.6 Å². The second kappa shape index (κ2) is 6.28. The predicted octanol–water partition coefficient (Wildman–Crippen LogP) is 4.36. The van der Waals surface area contributed by atoms with Crippen LogP contribution in [0, 0.1) is 34.0 Å². The first kappa shape index (κ1) is 18.7. The fraction of sp³-hybridized carbons (Fsp3) is 0.905. The lowest BCUT2D eigenvalue weighted by Gasteiger charge is -2.55. The van der Waals surface area contributed by atoms with Crippen molar-refractivity contribution >= 4 is 11.9 Å². The van der Waals surface area contributed by atoms with Crippen LogP contribution < -0.4 is 0 Å². The molecule has 0 aromatic heterocycles. The second-order valence-electron chi connectivity index (χ2n) is 10.3. The van der Waals surface area contributed by atoms with Crippen molar-refractivity contribution in [3.05, 3.63) is 0 Å². The van der Waals surface area contributed by atoms with Gasteiger partial charge in [-0.3, -0.25) is 9.59 Å². The first-order chi connectivity index (χ1) is 11.5. The van der Waals surface area contributed by atoms with Gasteiger partial charge in [0.25, 0.3) is 0 Å². The first-order valence-electron chi connectivity index (χ1n) is 9.88. The molecule has 4 aliphatic carbocycles. The standard InChI is InChI=1S/C21H34O4/c1-19(2,3)20(4,5)17(22)24-6-7-25-18(23)21-11-14-8-15(12-21)10-16(9-14)13-21/h14-16H,6-13H2,1-5H3. The zero-order valence-corrected chi connectivity index (χ0v) is 16.5. The zero-order valence-electron chi connectivity index (χ0n) is 16.5. The summed E-state index contributed by atoms with van der Waals surface area (Å²) in [5.41, 5.74) is -0.986. The van der Waals surface area contributed by atoms with E-state index < -0.39 is 5.41 Å². The van der Waals surface area contributed by atoms with Gasteiger partial charge in [0.2, 0.25) is 0 Å². The topological polar surface area (TPSA) is 52.6 Å². The second-order valence-corrected chi connectivity index (χ2v) is 10.3. The average Bonchev–Trinajstić information content (AvgIpc) is 2.48. The lowest BCUT2D eigenvalue weighted by atomic mass is 9.49. The summed E-state index contributed by atoms with van der Waals surface area (Å²) in [7, 11) is 0. The van der Waals surface area contributed by atoms with Gasteiger partial charge in [0.05, 0.1) is 10.8 Å². The third-order valence-corrected chi connectivity index (χ3v) is 7.41. The Morgan fingerprint density at radius 3 is 1.72 bits per heavy atom. The summed E-state index contributed by atoms with van der Waals surface area (Å²) in [5, 5.41) is 0. The highest BCUT2D eigenvalue weighted by molar-refractivity contribution is 5.78. The van der Waals surface area contributed by atoms with Crippen LogP contribution in [0.1, 0.15) is 73.1 Å². The molecule has 0 aliphatic heterocycles. The molecule has 0 N–H and O–H groups in total. The van der Waals surface area contributed by atoms with Gasteiger partial charge < -0.3 is 9.47 Å². The van der Waals surface area contributed by atoms with E-state index in [0.717, 1.165) is 37.0 Å². The summed E-state index contributed by atoms with van der Waals surface area (Å²) in [4.78, 5) is 25.1. The van der Waals surface area contributed by atoms with Gasteiger partial charge in [-0.25, -0.2) is 0 Å². The number of rotatable bonds is 5. The van der Waals surface area contributed by atoms with Crippen LogP contribution >= 0.6 is 0 Å². The number of carbonyl (C=O) groups excluding carboxylic acids is 2. The van der Waals surface area contributed by atoms with Gasteiger partial charge in [-0.2, -0.15) is 0 Å². The zero-order chi connectivity index (χ0) is 18.5. The number of hydrogen-bond acceptors (Lipinski definition) is 4. The first-order valence-corrected chi connectivity index (χ1v) is 9.88. The van der Waals surface area contributed by atoms with Gasteiger partial charge >= 0.3 is 11.9 Å². The van der Waals surface area contributed by atoms with Crippen LogP contribution in [-0.2, 0) is 19.1 Å². The van der Waals surface area contributed by atoms with Crippen molar-refractivity contribution in [1.29, 1.82) is 0 Å². The van der Waals surface area contributed by atoms with E-state index in [1.54, 1.807) is 0 Å². The van der Waals surface area contributed by atoms with Crippen molar-refractivity contribution in [1.82, 2.24) is 0 Å². The third kappa shape index (κ3) is 3.46. The van der Waals surface area contributed by atoms with E-state index >= 15 is 0 Å². The Hall–Kier alpha value is -1.06. The number of carbonyl (C=O) groups is 2. The minimum absolute atomic E-state index is 0.0438. The molecule has 4 bridgehead atoms. The highest BCUT2D eigenvalue weighted by Crippen LogP contribution is 2.60. The largest absolute Gasteiger partial charge is 0.462 e. The Kier molecular flexibility index (Phi) is 4.70. The molecule has 4 fully saturated rings. The van der Waals surface area contributed by atoms with E-state index in [0.29, 0.717) is 0 Å². The van der Waals surface area contributed by atoms with E-state index in [4.69, 9.17) is 9.47 Å². The fourth-order valence-electron chi connectivity index (χ4n) is 5.27. The summed E-state index contributed by atoms with van der Waals surface area (Å²) in [5.74, 6) is 1.90. The van der Waals surface area contributed by atoms with Crippen molar-refractivity contribution in [2.75, 3.05) is 13.2 Å². The molecule has 4 aliphatic rings. The Labute approximate surface area is 152 Å². The molecule has 4 saturated carbocycles. The molecule has 0 radical (unpaired) electrons. The molecule has 4 rings (SSSR count). The van der Waals surface area contributed by atoms with Gasteiger partial charge in [0, 0.05) is 0 Å². The third-order valence-electron chi connectivity index (χ3n) is 7.41. The van der Waals surface area contributed by atoms with Gasteiger partial charge in [0.15, 0.2) is 0 Å². The highest BCUT2D eigenvalue weighted by atomic mass is 16.6. The van der Waals surface area contributed by atoms with Gasteiger partial charge in [-0.1, -0.05) is 20.8 Å². The molecular formula is C21H34O4. The molecule has 0 atom stereocenters. The van der Waals surface area contributed by atoms with Crippen LogP contribution in [0.3, 0.4) is 0 Å². The summed E-state index contributed by atoms with van der Waals surface area (Å²) in [6.45, 7) is 10.2. The van der Waals surface area contributed by atoms with Crippen molar-refractivity contribution < 1.29 is 19.1 Å². The van der Waals surface area contributed by atoms with Crippen LogP contribution in [0.2, 0.25) is 0 Å². The fourth-order valence-corrected chi connectivity index (χ4v) is 5.27. The normalized spacial score (nSPS) is 34.0. The smallest absolute Gasteiger partial charge is 0.312 e. The van der Waals surface area contributed by atoms with Crippen molar-refractivity contribution in [3.63, 3.8) is 0 Å². The van der Waals surface area contributed by atoms with Crippen molar-refractivity contribution in [2.24, 2.45) is 34.0 Å². The molecule has 0 heterocycles. The lowest BCUT2D eigenvalue weighted by molar-refractivity contribution is -0.176. The maximum Gasteiger partial charge on any atom is 0.312 e. The van der Waals surface area contributed by atoms with Gasteiger partial charge in [-0.15, -0.1) is 0 Å². The Morgan fingerprint density at radius 1 is 0.840 bits per heavy atom. The molecule has 25 heavy (non-hydrogen) atoms. The molecule has 4 nitrogen and oxygen atoms in total. The molecule has 0 saturated heterocycles. The minimum atomic E-state index is -0.572. The van der Waals surface area contributed by atoms with E-state index in [1.165, 1.54) is 19.3 Å².